The Morgan fingerprint density at radius 3 is 2.57 bits per heavy atom. The fraction of sp³-hybridized carbons (Fsp3) is 0.562. The normalized spacial score (nSPS) is 21.1. The van der Waals surface area contributed by atoms with Crippen LogP contribution in [0.2, 0.25) is 0 Å². The van der Waals surface area contributed by atoms with Crippen molar-refractivity contribution in [3.05, 3.63) is 24.3 Å². The Balaban J connectivity index is 1.78. The quantitative estimate of drug-likeness (QED) is 0.866. The van der Waals surface area contributed by atoms with Crippen LogP contribution in [0.1, 0.15) is 19.8 Å². The highest BCUT2D eigenvalue weighted by molar-refractivity contribution is 5.86. The van der Waals surface area contributed by atoms with Gasteiger partial charge in [-0.1, -0.05) is 0 Å². The van der Waals surface area contributed by atoms with Crippen LogP contribution in [0.25, 0.3) is 0 Å². The number of ether oxygens (including phenoxy) is 2. The summed E-state index contributed by atoms with van der Waals surface area (Å²) in [6.07, 6.45) is 1.95. The van der Waals surface area contributed by atoms with Crippen LogP contribution in [0, 0.1) is 0 Å². The third kappa shape index (κ3) is 3.88. The number of nitrogens with one attached hydrogen (secondary N) is 1. The van der Waals surface area contributed by atoms with E-state index in [1.165, 1.54) is 0 Å². The van der Waals surface area contributed by atoms with Gasteiger partial charge < -0.3 is 19.7 Å². The van der Waals surface area contributed by atoms with E-state index in [4.69, 9.17) is 9.47 Å². The predicted octanol–water partition coefficient (Wildman–Crippen LogP) is 1.67. The molecule has 116 valence electrons. The van der Waals surface area contributed by atoms with Crippen molar-refractivity contribution in [3.8, 4) is 11.5 Å². The van der Waals surface area contributed by atoms with Gasteiger partial charge >= 0.3 is 0 Å². The maximum absolute atomic E-state index is 12.4. The van der Waals surface area contributed by atoms with Crippen LogP contribution in [0.5, 0.6) is 11.5 Å². The average molecular weight is 292 g/mol. The van der Waals surface area contributed by atoms with Gasteiger partial charge in [0, 0.05) is 7.05 Å². The Kier molecular flexibility index (Phi) is 5.07. The smallest absolute Gasteiger partial charge is 0.242 e. The number of nitrogens with zero attached hydrogens (tertiary/aromatic N) is 1. The van der Waals surface area contributed by atoms with Crippen LogP contribution in [0.3, 0.4) is 0 Å². The molecule has 0 aromatic heterocycles. The molecule has 1 unspecified atom stereocenters. The summed E-state index contributed by atoms with van der Waals surface area (Å²) in [6, 6.07) is 7.43. The second-order valence-electron chi connectivity index (χ2n) is 5.61. The Labute approximate surface area is 126 Å². The van der Waals surface area contributed by atoms with E-state index in [2.05, 4.69) is 5.32 Å². The molecule has 1 aliphatic rings. The van der Waals surface area contributed by atoms with Crippen LogP contribution < -0.4 is 14.8 Å². The topological polar surface area (TPSA) is 50.8 Å². The first-order chi connectivity index (χ1) is 10.0. The van der Waals surface area contributed by atoms with Gasteiger partial charge in [0.2, 0.25) is 5.91 Å². The van der Waals surface area contributed by atoms with Gasteiger partial charge in [0.05, 0.1) is 19.2 Å². The Bertz CT molecular complexity index is 467. The molecule has 0 aliphatic carbocycles. The van der Waals surface area contributed by atoms with Gasteiger partial charge in [-0.25, -0.2) is 0 Å². The molecule has 1 amide bonds. The van der Waals surface area contributed by atoms with Crippen molar-refractivity contribution in [1.82, 2.24) is 10.2 Å². The molecule has 0 bridgehead atoms. The molecule has 5 nitrogen and oxygen atoms in total. The minimum absolute atomic E-state index is 0.137. The Hall–Kier alpha value is -1.75. The largest absolute Gasteiger partial charge is 0.497 e. The number of benzene rings is 1. The van der Waals surface area contributed by atoms with E-state index >= 15 is 0 Å². The summed E-state index contributed by atoms with van der Waals surface area (Å²) in [5.41, 5.74) is -0.408. The van der Waals surface area contributed by atoms with Crippen molar-refractivity contribution in [1.29, 1.82) is 0 Å². The summed E-state index contributed by atoms with van der Waals surface area (Å²) in [5.74, 6) is 1.72. The summed E-state index contributed by atoms with van der Waals surface area (Å²) in [7, 11) is 3.46. The van der Waals surface area contributed by atoms with Gasteiger partial charge in [-0.3, -0.25) is 4.79 Å². The van der Waals surface area contributed by atoms with Crippen LogP contribution in [0.15, 0.2) is 24.3 Å². The molecule has 1 heterocycles. The van der Waals surface area contributed by atoms with Gasteiger partial charge in [0.15, 0.2) is 0 Å². The van der Waals surface area contributed by atoms with Crippen LogP contribution in [-0.4, -0.2) is 50.2 Å². The van der Waals surface area contributed by atoms with E-state index in [1.807, 2.05) is 38.2 Å². The molecule has 1 atom stereocenters. The highest BCUT2D eigenvalue weighted by Gasteiger charge is 2.37. The predicted molar refractivity (Wildman–Crippen MR) is 81.8 cm³/mol. The molecule has 21 heavy (non-hydrogen) atoms. The number of carbonyl (C=O) groups excluding carboxylic acids is 1. The summed E-state index contributed by atoms with van der Waals surface area (Å²) in [4.78, 5) is 14.1. The molecule has 0 spiro atoms. The fourth-order valence-electron chi connectivity index (χ4n) is 2.57. The number of hydrogen-bond acceptors (Lipinski definition) is 4. The molecule has 1 fully saturated rings. The molecule has 2 rings (SSSR count). The number of rotatable bonds is 6. The molecule has 0 radical (unpaired) electrons. The maximum Gasteiger partial charge on any atom is 0.242 e. The first kappa shape index (κ1) is 15.6. The van der Waals surface area contributed by atoms with E-state index in [0.29, 0.717) is 13.2 Å². The first-order valence-corrected chi connectivity index (χ1v) is 7.32. The van der Waals surface area contributed by atoms with Gasteiger partial charge in [0.1, 0.15) is 18.1 Å². The van der Waals surface area contributed by atoms with Gasteiger partial charge in [-0.05, 0) is 50.6 Å². The standard InChI is InChI=1S/C16H24N2O3/c1-16(9-4-10-17-16)15(19)18(2)11-12-21-14-7-5-13(20-3)6-8-14/h5-8,17H,4,9-12H2,1-3H3. The second-order valence-corrected chi connectivity index (χ2v) is 5.61. The number of hydrogen-bond donors (Lipinski definition) is 1. The molecule has 1 aromatic carbocycles. The summed E-state index contributed by atoms with van der Waals surface area (Å²) in [5, 5.41) is 3.29. The van der Waals surface area contributed by atoms with Gasteiger partial charge in [-0.15, -0.1) is 0 Å². The van der Waals surface area contributed by atoms with Crippen molar-refractivity contribution in [2.75, 3.05) is 33.9 Å². The third-order valence-corrected chi connectivity index (χ3v) is 3.94. The van der Waals surface area contributed by atoms with Gasteiger partial charge in [-0.2, -0.15) is 0 Å². The van der Waals surface area contributed by atoms with E-state index in [1.54, 1.807) is 12.0 Å². The molecular formula is C16H24N2O3. The maximum atomic E-state index is 12.4. The third-order valence-electron chi connectivity index (χ3n) is 3.94. The van der Waals surface area contributed by atoms with Crippen molar-refractivity contribution in [3.63, 3.8) is 0 Å². The lowest BCUT2D eigenvalue weighted by Crippen LogP contribution is -2.52. The zero-order valence-corrected chi connectivity index (χ0v) is 13.0. The lowest BCUT2D eigenvalue weighted by molar-refractivity contribution is -0.136. The molecule has 1 aliphatic heterocycles. The second kappa shape index (κ2) is 6.80. The van der Waals surface area contributed by atoms with Crippen LogP contribution in [0.4, 0.5) is 0 Å². The zero-order chi connectivity index (χ0) is 15.3. The van der Waals surface area contributed by atoms with Crippen LogP contribution >= 0.6 is 0 Å². The van der Waals surface area contributed by atoms with Crippen LogP contribution in [-0.2, 0) is 4.79 Å². The van der Waals surface area contributed by atoms with E-state index in [9.17, 15) is 4.79 Å². The molecule has 1 saturated heterocycles. The minimum atomic E-state index is -0.408. The minimum Gasteiger partial charge on any atom is -0.497 e. The number of amides is 1. The molecule has 0 saturated carbocycles. The zero-order valence-electron chi connectivity index (χ0n) is 13.0. The van der Waals surface area contributed by atoms with Crippen molar-refractivity contribution >= 4 is 5.91 Å². The number of methoxy groups -OCH3 is 1. The molecule has 1 aromatic rings. The van der Waals surface area contributed by atoms with E-state index < -0.39 is 5.54 Å². The van der Waals surface area contributed by atoms with E-state index in [-0.39, 0.29) is 5.91 Å². The molecule has 5 heteroatoms. The monoisotopic (exact) mass is 292 g/mol. The number of likely N-dealkylation sites (N-methyl/N-ethyl adjacent to an activating group) is 1. The average Bonchev–Trinajstić information content (AvgIpc) is 2.95. The number of carbonyl (C=O) groups is 1. The summed E-state index contributed by atoms with van der Waals surface area (Å²) < 4.78 is 10.7. The van der Waals surface area contributed by atoms with E-state index in [0.717, 1.165) is 30.9 Å². The lowest BCUT2D eigenvalue weighted by Gasteiger charge is -2.29. The highest BCUT2D eigenvalue weighted by atomic mass is 16.5. The van der Waals surface area contributed by atoms with Crippen molar-refractivity contribution < 1.29 is 14.3 Å². The summed E-state index contributed by atoms with van der Waals surface area (Å²) >= 11 is 0. The molecular weight excluding hydrogens is 268 g/mol. The lowest BCUT2D eigenvalue weighted by atomic mass is 9.99. The van der Waals surface area contributed by atoms with Gasteiger partial charge in [0.25, 0.3) is 0 Å². The van der Waals surface area contributed by atoms with Crippen molar-refractivity contribution in [2.24, 2.45) is 0 Å². The summed E-state index contributed by atoms with van der Waals surface area (Å²) in [6.45, 7) is 3.94. The SMILES string of the molecule is COc1ccc(OCCN(C)C(=O)C2(C)CCCN2)cc1. The first-order valence-electron chi connectivity index (χ1n) is 7.32. The highest BCUT2D eigenvalue weighted by Crippen LogP contribution is 2.21. The fourth-order valence-corrected chi connectivity index (χ4v) is 2.57. The Morgan fingerprint density at radius 2 is 2.00 bits per heavy atom. The Morgan fingerprint density at radius 1 is 1.33 bits per heavy atom. The molecule has 1 N–H and O–H groups in total. The van der Waals surface area contributed by atoms with Crippen molar-refractivity contribution in [2.45, 2.75) is 25.3 Å².